The zero-order chi connectivity index (χ0) is 19.3. The van der Waals surface area contributed by atoms with Crippen LogP contribution in [-0.2, 0) is 16.2 Å². The summed E-state index contributed by atoms with van der Waals surface area (Å²) in [6.07, 6.45) is 1.76. The lowest BCUT2D eigenvalue weighted by Gasteiger charge is -2.07. The zero-order valence-electron chi connectivity index (χ0n) is 14.8. The molecule has 0 radical (unpaired) electrons. The van der Waals surface area contributed by atoms with Gasteiger partial charge in [0.15, 0.2) is 0 Å². The van der Waals surface area contributed by atoms with Gasteiger partial charge in [0.2, 0.25) is 0 Å². The topological polar surface area (TPSA) is 47.9 Å². The largest absolute Gasteiger partial charge is 0.489 e. The summed E-state index contributed by atoms with van der Waals surface area (Å²) < 4.78 is 5.86. The molecule has 0 aromatic heterocycles. The van der Waals surface area contributed by atoms with Crippen LogP contribution >= 0.6 is 11.6 Å². The first-order chi connectivity index (χ1) is 13.7. The fourth-order valence-electron chi connectivity index (χ4n) is 2.82. The average molecular weight is 390 g/mol. The van der Waals surface area contributed by atoms with Crippen molar-refractivity contribution in [2.24, 2.45) is 5.16 Å². The summed E-state index contributed by atoms with van der Waals surface area (Å²) in [5.41, 5.74) is 3.62. The molecule has 4 rings (SSSR count). The molecule has 0 bridgehead atoms. The van der Waals surface area contributed by atoms with Crippen molar-refractivity contribution < 1.29 is 14.4 Å². The molecular formula is C23H16ClNO3. The van der Waals surface area contributed by atoms with Crippen LogP contribution in [0.2, 0.25) is 5.02 Å². The van der Waals surface area contributed by atoms with Crippen molar-refractivity contribution in [1.82, 2.24) is 0 Å². The first-order valence-corrected chi connectivity index (χ1v) is 9.11. The van der Waals surface area contributed by atoms with E-state index in [4.69, 9.17) is 21.2 Å². The molecule has 1 aliphatic rings. The molecule has 138 valence electrons. The number of ether oxygens (including phenoxy) is 1. The monoisotopic (exact) mass is 389 g/mol. The van der Waals surface area contributed by atoms with Crippen molar-refractivity contribution in [3.05, 3.63) is 106 Å². The molecule has 5 heteroatoms. The predicted molar refractivity (Wildman–Crippen MR) is 109 cm³/mol. The van der Waals surface area contributed by atoms with Crippen molar-refractivity contribution in [2.75, 3.05) is 0 Å². The van der Waals surface area contributed by atoms with Gasteiger partial charge in [-0.1, -0.05) is 71.4 Å². The molecule has 1 aliphatic heterocycles. The Bertz CT molecular complexity index is 1060. The minimum atomic E-state index is -0.466. The van der Waals surface area contributed by atoms with Gasteiger partial charge in [0, 0.05) is 10.6 Å². The van der Waals surface area contributed by atoms with Crippen LogP contribution in [0.15, 0.2) is 89.6 Å². The average Bonchev–Trinajstić information content (AvgIpc) is 3.09. The van der Waals surface area contributed by atoms with Crippen LogP contribution in [0.1, 0.15) is 16.7 Å². The Kier molecular flexibility index (Phi) is 5.22. The van der Waals surface area contributed by atoms with E-state index >= 15 is 0 Å². The summed E-state index contributed by atoms with van der Waals surface area (Å²) in [4.78, 5) is 17.0. The van der Waals surface area contributed by atoms with E-state index in [9.17, 15) is 4.79 Å². The third kappa shape index (κ3) is 4.13. The second-order valence-corrected chi connectivity index (χ2v) is 6.67. The number of hydrogen-bond donors (Lipinski definition) is 0. The third-order valence-corrected chi connectivity index (χ3v) is 4.48. The highest BCUT2D eigenvalue weighted by molar-refractivity contribution is 6.31. The van der Waals surface area contributed by atoms with E-state index in [1.165, 1.54) is 0 Å². The molecule has 0 saturated heterocycles. The zero-order valence-corrected chi connectivity index (χ0v) is 15.6. The maximum atomic E-state index is 12.1. The summed E-state index contributed by atoms with van der Waals surface area (Å²) in [5.74, 6) is 0.236. The fraction of sp³-hybridized carbons (Fsp3) is 0.0435. The Balaban J connectivity index is 1.54. The minimum Gasteiger partial charge on any atom is -0.489 e. The van der Waals surface area contributed by atoms with Gasteiger partial charge in [0.1, 0.15) is 18.1 Å². The van der Waals surface area contributed by atoms with Crippen LogP contribution in [0, 0.1) is 0 Å². The second-order valence-electron chi connectivity index (χ2n) is 6.23. The Morgan fingerprint density at radius 1 is 0.964 bits per heavy atom. The number of benzene rings is 3. The van der Waals surface area contributed by atoms with Gasteiger partial charge in [0.25, 0.3) is 0 Å². The summed E-state index contributed by atoms with van der Waals surface area (Å²) in [6, 6.07) is 24.5. The molecule has 3 aromatic carbocycles. The van der Waals surface area contributed by atoms with Crippen LogP contribution in [-0.4, -0.2) is 11.7 Å². The van der Waals surface area contributed by atoms with Gasteiger partial charge in [-0.25, -0.2) is 4.79 Å². The third-order valence-electron chi connectivity index (χ3n) is 4.23. The van der Waals surface area contributed by atoms with E-state index in [1.807, 2.05) is 78.9 Å². The highest BCUT2D eigenvalue weighted by Crippen LogP contribution is 2.23. The van der Waals surface area contributed by atoms with E-state index < -0.39 is 5.97 Å². The Hall–Kier alpha value is -3.37. The lowest BCUT2D eigenvalue weighted by Crippen LogP contribution is -2.06. The molecule has 1 heterocycles. The van der Waals surface area contributed by atoms with Crippen molar-refractivity contribution in [3.8, 4) is 5.75 Å². The second kappa shape index (κ2) is 8.11. The lowest BCUT2D eigenvalue weighted by molar-refractivity contribution is -0.136. The number of rotatable bonds is 5. The van der Waals surface area contributed by atoms with Gasteiger partial charge >= 0.3 is 5.97 Å². The van der Waals surface area contributed by atoms with Gasteiger partial charge in [0.05, 0.1) is 5.57 Å². The Morgan fingerprint density at radius 2 is 1.75 bits per heavy atom. The van der Waals surface area contributed by atoms with E-state index in [0.29, 0.717) is 28.7 Å². The van der Waals surface area contributed by atoms with Crippen molar-refractivity contribution in [3.63, 3.8) is 0 Å². The number of halogens is 1. The van der Waals surface area contributed by atoms with Crippen LogP contribution in [0.25, 0.3) is 6.08 Å². The van der Waals surface area contributed by atoms with E-state index in [2.05, 4.69) is 5.16 Å². The summed E-state index contributed by atoms with van der Waals surface area (Å²) in [7, 11) is 0. The summed E-state index contributed by atoms with van der Waals surface area (Å²) in [5, 5.41) is 4.62. The molecule has 0 aliphatic carbocycles. The van der Waals surface area contributed by atoms with E-state index in [-0.39, 0.29) is 0 Å². The lowest BCUT2D eigenvalue weighted by atomic mass is 10.0. The molecule has 0 N–H and O–H groups in total. The van der Waals surface area contributed by atoms with E-state index in [0.717, 1.165) is 16.7 Å². The number of carbonyl (C=O) groups is 1. The molecule has 0 fully saturated rings. The van der Waals surface area contributed by atoms with Crippen molar-refractivity contribution in [2.45, 2.75) is 6.61 Å². The maximum absolute atomic E-state index is 12.1. The molecule has 0 amide bonds. The van der Waals surface area contributed by atoms with Gasteiger partial charge in [-0.05, 0) is 41.5 Å². The highest BCUT2D eigenvalue weighted by atomic mass is 35.5. The number of carbonyl (C=O) groups excluding carboxylic acids is 1. The quantitative estimate of drug-likeness (QED) is 0.441. The molecule has 28 heavy (non-hydrogen) atoms. The van der Waals surface area contributed by atoms with Crippen LogP contribution in [0.4, 0.5) is 0 Å². The smallest absolute Gasteiger partial charge is 0.368 e. The van der Waals surface area contributed by atoms with Crippen LogP contribution in [0.3, 0.4) is 0 Å². The minimum absolute atomic E-state index is 0.418. The standard InChI is InChI=1S/C23H16ClNO3/c24-19-11-9-16(10-12-19)15-27-20-8-4-5-17(13-20)14-21-22(25-28-23(21)26)18-6-2-1-3-7-18/h1-14H,15H2. The first kappa shape index (κ1) is 18.0. The van der Waals surface area contributed by atoms with Crippen LogP contribution in [0.5, 0.6) is 5.75 Å². The first-order valence-electron chi connectivity index (χ1n) is 8.73. The highest BCUT2D eigenvalue weighted by Gasteiger charge is 2.26. The molecule has 0 atom stereocenters. The predicted octanol–water partition coefficient (Wildman–Crippen LogP) is 5.26. The molecule has 3 aromatic rings. The Morgan fingerprint density at radius 3 is 2.54 bits per heavy atom. The SMILES string of the molecule is O=C1ON=C(c2ccccc2)C1=Cc1cccc(OCc2ccc(Cl)cc2)c1. The normalized spacial score (nSPS) is 14.7. The molecule has 0 spiro atoms. The number of hydrogen-bond acceptors (Lipinski definition) is 4. The maximum Gasteiger partial charge on any atom is 0.368 e. The number of oxime groups is 1. The molecule has 0 saturated carbocycles. The molecule has 4 nitrogen and oxygen atoms in total. The van der Waals surface area contributed by atoms with Crippen LogP contribution < -0.4 is 4.74 Å². The fourth-order valence-corrected chi connectivity index (χ4v) is 2.95. The Labute approximate surface area is 167 Å². The van der Waals surface area contributed by atoms with Crippen molar-refractivity contribution >= 4 is 29.4 Å². The molecule has 0 unspecified atom stereocenters. The summed E-state index contributed by atoms with van der Waals surface area (Å²) in [6.45, 7) is 0.427. The van der Waals surface area contributed by atoms with E-state index in [1.54, 1.807) is 6.08 Å². The van der Waals surface area contributed by atoms with Crippen molar-refractivity contribution in [1.29, 1.82) is 0 Å². The molecular weight excluding hydrogens is 374 g/mol. The van der Waals surface area contributed by atoms with Gasteiger partial charge in [-0.3, -0.25) is 0 Å². The van der Waals surface area contributed by atoms with Gasteiger partial charge in [-0.15, -0.1) is 0 Å². The van der Waals surface area contributed by atoms with Gasteiger partial charge in [-0.2, -0.15) is 0 Å². The van der Waals surface area contributed by atoms with Gasteiger partial charge < -0.3 is 9.57 Å². The summed E-state index contributed by atoms with van der Waals surface area (Å²) >= 11 is 5.90. The number of nitrogens with zero attached hydrogens (tertiary/aromatic N) is 1.